The first kappa shape index (κ1) is 20.9. The molecule has 1 fully saturated rings. The molecule has 3 heterocycles. The Bertz CT molecular complexity index is 1150. The third-order valence-electron chi connectivity index (χ3n) is 5.82. The van der Waals surface area contributed by atoms with E-state index in [0.29, 0.717) is 24.3 Å². The molecule has 1 aliphatic heterocycles. The number of benzene rings is 1. The number of aryl methyl sites for hydroxylation is 2. The first-order valence-corrected chi connectivity index (χ1v) is 10.8. The van der Waals surface area contributed by atoms with E-state index in [2.05, 4.69) is 12.2 Å². The molecule has 1 aliphatic rings. The Labute approximate surface area is 181 Å². The zero-order valence-electron chi connectivity index (χ0n) is 18.0. The smallest absolute Gasteiger partial charge is 0.407 e. The van der Waals surface area contributed by atoms with E-state index in [-0.39, 0.29) is 11.6 Å². The van der Waals surface area contributed by atoms with Gasteiger partial charge in [0.15, 0.2) is 0 Å². The van der Waals surface area contributed by atoms with E-state index in [1.165, 1.54) is 4.90 Å². The number of nitrogens with one attached hydrogen (secondary N) is 1. The molecule has 0 bridgehead atoms. The van der Waals surface area contributed by atoms with Gasteiger partial charge in [0.1, 0.15) is 5.65 Å². The lowest BCUT2D eigenvalue weighted by molar-refractivity contribution is 0.155. The van der Waals surface area contributed by atoms with Crippen LogP contribution in [0.5, 0.6) is 0 Å². The van der Waals surface area contributed by atoms with Crippen LogP contribution in [0.1, 0.15) is 37.4 Å². The summed E-state index contributed by atoms with van der Waals surface area (Å²) in [6.45, 7) is 5.12. The lowest BCUT2D eigenvalue weighted by Gasteiger charge is -2.16. The molecule has 4 rings (SSSR count). The summed E-state index contributed by atoms with van der Waals surface area (Å²) < 4.78 is 1.63. The molecule has 3 aromatic rings. The number of nitrogens with zero attached hydrogens (tertiary/aromatic N) is 3. The summed E-state index contributed by atoms with van der Waals surface area (Å²) in [6, 6.07) is 11.8. The molecule has 1 atom stereocenters. The predicted molar refractivity (Wildman–Crippen MR) is 122 cm³/mol. The van der Waals surface area contributed by atoms with Crippen molar-refractivity contribution in [1.29, 1.82) is 0 Å². The van der Waals surface area contributed by atoms with Gasteiger partial charge < -0.3 is 15.3 Å². The van der Waals surface area contributed by atoms with Gasteiger partial charge in [0.25, 0.3) is 5.56 Å². The Kier molecular flexibility index (Phi) is 5.93. The third kappa shape index (κ3) is 4.40. The predicted octanol–water partition coefficient (Wildman–Crippen LogP) is 4.18. The summed E-state index contributed by atoms with van der Waals surface area (Å²) in [5.74, 6) is 0. The number of pyridine rings is 1. The Morgan fingerprint density at radius 3 is 2.68 bits per heavy atom. The lowest BCUT2D eigenvalue weighted by Crippen LogP contribution is -2.30. The highest BCUT2D eigenvalue weighted by atomic mass is 16.4. The second-order valence-electron chi connectivity index (χ2n) is 8.21. The third-order valence-corrected chi connectivity index (χ3v) is 5.82. The average molecular weight is 421 g/mol. The van der Waals surface area contributed by atoms with Gasteiger partial charge in [0, 0.05) is 31.0 Å². The molecule has 7 heteroatoms. The number of aromatic nitrogens is 2. The zero-order chi connectivity index (χ0) is 22.0. The molecule has 1 unspecified atom stereocenters. The molecular formula is C24H28N4O3. The van der Waals surface area contributed by atoms with Gasteiger partial charge in [-0.2, -0.15) is 0 Å². The first-order valence-electron chi connectivity index (χ1n) is 10.8. The van der Waals surface area contributed by atoms with Crippen LogP contribution in [0.15, 0.2) is 47.4 Å². The molecule has 162 valence electrons. The van der Waals surface area contributed by atoms with E-state index < -0.39 is 6.09 Å². The molecule has 2 N–H and O–H groups in total. The van der Waals surface area contributed by atoms with E-state index in [4.69, 9.17) is 10.1 Å². The molecule has 1 saturated heterocycles. The van der Waals surface area contributed by atoms with Crippen LogP contribution in [0.3, 0.4) is 0 Å². The van der Waals surface area contributed by atoms with E-state index in [0.717, 1.165) is 48.2 Å². The van der Waals surface area contributed by atoms with Crippen LogP contribution >= 0.6 is 0 Å². The maximum Gasteiger partial charge on any atom is 0.407 e. The Morgan fingerprint density at radius 2 is 2.00 bits per heavy atom. The summed E-state index contributed by atoms with van der Waals surface area (Å²) in [6.07, 6.45) is 4.51. The van der Waals surface area contributed by atoms with Crippen molar-refractivity contribution in [2.24, 2.45) is 0 Å². The fraction of sp³-hybridized carbons (Fsp3) is 0.375. The second kappa shape index (κ2) is 8.79. The molecule has 0 saturated carbocycles. The summed E-state index contributed by atoms with van der Waals surface area (Å²) in [5.41, 5.74) is 4.89. The lowest BCUT2D eigenvalue weighted by atomic mass is 10.0. The van der Waals surface area contributed by atoms with Crippen molar-refractivity contribution in [3.8, 4) is 11.1 Å². The van der Waals surface area contributed by atoms with Gasteiger partial charge in [0.05, 0.1) is 11.3 Å². The Balaban J connectivity index is 1.65. The maximum absolute atomic E-state index is 13.4. The zero-order valence-corrected chi connectivity index (χ0v) is 18.0. The molecule has 31 heavy (non-hydrogen) atoms. The standard InChI is InChI=1S/C24H28N4O3/c1-3-4-5-20-22(23(29)28-14-16(2)6-11-21(28)26-20)17-7-9-18(10-8-17)25-19-12-13-27(15-19)24(30)31/h6-11,14,19,25H,3-5,12-13,15H2,1-2H3,(H,30,31). The van der Waals surface area contributed by atoms with Gasteiger partial charge in [-0.15, -0.1) is 0 Å². The molecular weight excluding hydrogens is 392 g/mol. The number of carboxylic acid groups (broad SMARTS) is 1. The van der Waals surface area contributed by atoms with E-state index >= 15 is 0 Å². The fourth-order valence-corrected chi connectivity index (χ4v) is 4.13. The van der Waals surface area contributed by atoms with Crippen molar-refractivity contribution in [3.05, 3.63) is 64.2 Å². The SMILES string of the molecule is CCCCc1nc2ccc(C)cn2c(=O)c1-c1ccc(NC2CCN(C(=O)O)C2)cc1. The molecule has 0 radical (unpaired) electrons. The molecule has 1 amide bonds. The number of amides is 1. The van der Waals surface area contributed by atoms with Gasteiger partial charge in [0.2, 0.25) is 0 Å². The second-order valence-corrected chi connectivity index (χ2v) is 8.21. The number of rotatable bonds is 6. The minimum absolute atomic E-state index is 0.0478. The minimum Gasteiger partial charge on any atom is -0.465 e. The molecule has 7 nitrogen and oxygen atoms in total. The van der Waals surface area contributed by atoms with Gasteiger partial charge in [-0.05, 0) is 55.5 Å². The summed E-state index contributed by atoms with van der Waals surface area (Å²) in [7, 11) is 0. The van der Waals surface area contributed by atoms with E-state index in [1.807, 2.05) is 49.5 Å². The number of hydrogen-bond acceptors (Lipinski definition) is 4. The summed E-state index contributed by atoms with van der Waals surface area (Å²) in [4.78, 5) is 30.7. The van der Waals surface area contributed by atoms with Crippen LogP contribution in [0.25, 0.3) is 16.8 Å². The van der Waals surface area contributed by atoms with Crippen LogP contribution in [0, 0.1) is 6.92 Å². The van der Waals surface area contributed by atoms with E-state index in [1.54, 1.807) is 4.40 Å². The number of carbonyl (C=O) groups is 1. The van der Waals surface area contributed by atoms with Crippen molar-refractivity contribution >= 4 is 17.4 Å². The quantitative estimate of drug-likeness (QED) is 0.625. The van der Waals surface area contributed by atoms with Crippen molar-refractivity contribution < 1.29 is 9.90 Å². The summed E-state index contributed by atoms with van der Waals surface area (Å²) in [5, 5.41) is 12.5. The van der Waals surface area contributed by atoms with Crippen LogP contribution in [0.4, 0.5) is 10.5 Å². The average Bonchev–Trinajstić information content (AvgIpc) is 3.22. The van der Waals surface area contributed by atoms with Crippen molar-refractivity contribution in [3.63, 3.8) is 0 Å². The highest BCUT2D eigenvalue weighted by Gasteiger charge is 2.25. The van der Waals surface area contributed by atoms with Crippen molar-refractivity contribution in [2.75, 3.05) is 18.4 Å². The molecule has 1 aromatic carbocycles. The van der Waals surface area contributed by atoms with Crippen LogP contribution in [-0.2, 0) is 6.42 Å². The van der Waals surface area contributed by atoms with E-state index in [9.17, 15) is 9.59 Å². The fourth-order valence-electron chi connectivity index (χ4n) is 4.13. The van der Waals surface area contributed by atoms with Crippen LogP contribution in [-0.4, -0.2) is 44.6 Å². The first-order chi connectivity index (χ1) is 15.0. The van der Waals surface area contributed by atoms with Gasteiger partial charge >= 0.3 is 6.09 Å². The molecule has 0 aliphatic carbocycles. The molecule has 2 aromatic heterocycles. The highest BCUT2D eigenvalue weighted by molar-refractivity contribution is 5.69. The summed E-state index contributed by atoms with van der Waals surface area (Å²) >= 11 is 0. The largest absolute Gasteiger partial charge is 0.465 e. The van der Waals surface area contributed by atoms with Crippen LogP contribution in [0.2, 0.25) is 0 Å². The van der Waals surface area contributed by atoms with Gasteiger partial charge in [-0.25, -0.2) is 9.78 Å². The number of likely N-dealkylation sites (tertiary alicyclic amines) is 1. The number of unbranched alkanes of at least 4 members (excludes halogenated alkanes) is 1. The van der Waals surface area contributed by atoms with Crippen molar-refractivity contribution in [2.45, 2.75) is 45.6 Å². The normalized spacial score (nSPS) is 16.1. The number of fused-ring (bicyclic) bond motifs is 1. The van der Waals surface area contributed by atoms with Gasteiger partial charge in [-0.1, -0.05) is 31.5 Å². The number of hydrogen-bond donors (Lipinski definition) is 2. The Morgan fingerprint density at radius 1 is 1.23 bits per heavy atom. The highest BCUT2D eigenvalue weighted by Crippen LogP contribution is 2.24. The topological polar surface area (TPSA) is 86.9 Å². The maximum atomic E-state index is 13.4. The Hall–Kier alpha value is -3.35. The van der Waals surface area contributed by atoms with Crippen LogP contribution < -0.4 is 10.9 Å². The molecule has 0 spiro atoms. The number of anilines is 1. The minimum atomic E-state index is -0.876. The van der Waals surface area contributed by atoms with Crippen molar-refractivity contribution in [1.82, 2.24) is 14.3 Å². The van der Waals surface area contributed by atoms with Gasteiger partial charge in [-0.3, -0.25) is 9.20 Å². The monoisotopic (exact) mass is 420 g/mol.